The molecule has 0 spiro atoms. The van der Waals surface area contributed by atoms with Crippen LogP contribution in [0.1, 0.15) is 15.9 Å². The van der Waals surface area contributed by atoms with Gasteiger partial charge in [0, 0.05) is 26.6 Å². The van der Waals surface area contributed by atoms with Crippen LogP contribution in [0.3, 0.4) is 0 Å². The molecule has 4 aromatic rings. The van der Waals surface area contributed by atoms with Gasteiger partial charge >= 0.3 is 0 Å². The molecular formula is C22H13Cl2O4-. The Morgan fingerprint density at radius 1 is 0.964 bits per heavy atom. The van der Waals surface area contributed by atoms with Crippen LogP contribution in [0.2, 0.25) is 10.0 Å². The van der Waals surface area contributed by atoms with E-state index >= 15 is 0 Å². The Morgan fingerprint density at radius 3 is 2.36 bits per heavy atom. The van der Waals surface area contributed by atoms with Crippen molar-refractivity contribution in [3.8, 4) is 17.1 Å². The zero-order valence-electron chi connectivity index (χ0n) is 14.4. The monoisotopic (exact) mass is 411 g/mol. The van der Waals surface area contributed by atoms with Crippen molar-refractivity contribution in [1.29, 1.82) is 0 Å². The first-order chi connectivity index (χ1) is 13.5. The molecule has 0 saturated heterocycles. The number of rotatable bonds is 5. The molecule has 4 nitrogen and oxygen atoms in total. The Balaban J connectivity index is 1.72. The van der Waals surface area contributed by atoms with E-state index in [4.69, 9.17) is 32.4 Å². The molecule has 0 atom stereocenters. The van der Waals surface area contributed by atoms with E-state index in [1.807, 2.05) is 18.2 Å². The van der Waals surface area contributed by atoms with Crippen LogP contribution in [0.5, 0.6) is 5.75 Å². The molecule has 0 bridgehead atoms. The lowest BCUT2D eigenvalue weighted by Crippen LogP contribution is -2.22. The number of fused-ring (bicyclic) bond motifs is 1. The molecule has 0 unspecified atom stereocenters. The van der Waals surface area contributed by atoms with Gasteiger partial charge in [-0.05, 0) is 30.3 Å². The van der Waals surface area contributed by atoms with Crippen LogP contribution >= 0.6 is 23.2 Å². The van der Waals surface area contributed by atoms with Crippen LogP contribution in [0.25, 0.3) is 22.3 Å². The van der Waals surface area contributed by atoms with Crippen LogP contribution in [-0.2, 0) is 6.61 Å². The van der Waals surface area contributed by atoms with E-state index in [0.717, 1.165) is 0 Å². The summed E-state index contributed by atoms with van der Waals surface area (Å²) < 4.78 is 11.6. The van der Waals surface area contributed by atoms with E-state index in [9.17, 15) is 9.90 Å². The number of carbonyl (C=O) groups is 1. The lowest BCUT2D eigenvalue weighted by atomic mass is 10.1. The SMILES string of the molecule is O=C([O-])c1c(-c2ccccc2)oc2ccc(OCc3c(Cl)cccc3Cl)cc12. The van der Waals surface area contributed by atoms with Gasteiger partial charge in [0.15, 0.2) is 0 Å². The molecule has 4 rings (SSSR count). The molecule has 0 aliphatic rings. The summed E-state index contributed by atoms with van der Waals surface area (Å²) in [5.74, 6) is -0.600. The highest BCUT2D eigenvalue weighted by atomic mass is 35.5. The Hall–Kier alpha value is -2.95. The molecule has 1 aromatic heterocycles. The predicted octanol–water partition coefficient (Wildman–Crippen LogP) is 5.35. The highest BCUT2D eigenvalue weighted by molar-refractivity contribution is 6.35. The van der Waals surface area contributed by atoms with Crippen LogP contribution in [-0.4, -0.2) is 5.97 Å². The molecule has 0 N–H and O–H groups in total. The van der Waals surface area contributed by atoms with E-state index in [1.165, 1.54) is 0 Å². The normalized spacial score (nSPS) is 10.9. The van der Waals surface area contributed by atoms with Gasteiger partial charge in [0.25, 0.3) is 0 Å². The first-order valence-corrected chi connectivity index (χ1v) is 9.19. The van der Waals surface area contributed by atoms with Gasteiger partial charge in [-0.15, -0.1) is 0 Å². The van der Waals surface area contributed by atoms with Gasteiger partial charge in [-0.3, -0.25) is 0 Å². The predicted molar refractivity (Wildman–Crippen MR) is 107 cm³/mol. The number of furan rings is 1. The number of carboxylic acids is 1. The van der Waals surface area contributed by atoms with Gasteiger partial charge in [-0.25, -0.2) is 0 Å². The third-order valence-electron chi connectivity index (χ3n) is 4.34. The molecule has 0 aliphatic carbocycles. The molecule has 140 valence electrons. The average molecular weight is 412 g/mol. The van der Waals surface area contributed by atoms with E-state index in [2.05, 4.69) is 0 Å². The third kappa shape index (κ3) is 3.44. The van der Waals surface area contributed by atoms with Crippen molar-refractivity contribution in [2.45, 2.75) is 6.61 Å². The lowest BCUT2D eigenvalue weighted by Gasteiger charge is -2.10. The molecule has 0 radical (unpaired) electrons. The van der Waals surface area contributed by atoms with Gasteiger partial charge in [-0.1, -0.05) is 59.6 Å². The highest BCUT2D eigenvalue weighted by Crippen LogP contribution is 2.35. The summed E-state index contributed by atoms with van der Waals surface area (Å²) >= 11 is 12.3. The summed E-state index contributed by atoms with van der Waals surface area (Å²) in [7, 11) is 0. The van der Waals surface area contributed by atoms with Crippen molar-refractivity contribution < 1.29 is 19.1 Å². The minimum atomic E-state index is -1.32. The summed E-state index contributed by atoms with van der Waals surface area (Å²) in [6.07, 6.45) is 0. The fraction of sp³-hybridized carbons (Fsp3) is 0.0455. The van der Waals surface area contributed by atoms with E-state index < -0.39 is 5.97 Å². The Bertz CT molecular complexity index is 1150. The van der Waals surface area contributed by atoms with Gasteiger partial charge < -0.3 is 19.1 Å². The van der Waals surface area contributed by atoms with Crippen LogP contribution in [0.15, 0.2) is 71.1 Å². The highest BCUT2D eigenvalue weighted by Gasteiger charge is 2.17. The molecule has 0 aliphatic heterocycles. The van der Waals surface area contributed by atoms with Crippen molar-refractivity contribution in [2.75, 3.05) is 0 Å². The smallest absolute Gasteiger partial charge is 0.144 e. The number of hydrogen-bond donors (Lipinski definition) is 0. The first-order valence-electron chi connectivity index (χ1n) is 8.43. The summed E-state index contributed by atoms with van der Waals surface area (Å²) in [4.78, 5) is 11.8. The molecule has 3 aromatic carbocycles. The molecular weight excluding hydrogens is 399 g/mol. The Kier molecular flexibility index (Phi) is 4.99. The number of halogens is 2. The topological polar surface area (TPSA) is 62.5 Å². The zero-order valence-corrected chi connectivity index (χ0v) is 16.0. The third-order valence-corrected chi connectivity index (χ3v) is 5.05. The molecule has 0 fully saturated rings. The number of ether oxygens (including phenoxy) is 1. The molecule has 0 amide bonds. The summed E-state index contributed by atoms with van der Waals surface area (Å²) in [5, 5.41) is 13.2. The molecule has 28 heavy (non-hydrogen) atoms. The lowest BCUT2D eigenvalue weighted by molar-refractivity contribution is -0.254. The second-order valence-corrected chi connectivity index (χ2v) is 6.92. The van der Waals surface area contributed by atoms with Crippen molar-refractivity contribution >= 4 is 40.1 Å². The van der Waals surface area contributed by atoms with E-state index in [0.29, 0.717) is 37.9 Å². The molecule has 6 heteroatoms. The minimum absolute atomic E-state index is 0.0116. The van der Waals surface area contributed by atoms with Crippen molar-refractivity contribution in [3.63, 3.8) is 0 Å². The average Bonchev–Trinajstić information content (AvgIpc) is 3.07. The summed E-state index contributed by atoms with van der Waals surface area (Å²) in [6.45, 7) is 0.147. The summed E-state index contributed by atoms with van der Waals surface area (Å²) in [5.41, 5.74) is 1.73. The van der Waals surface area contributed by atoms with Gasteiger partial charge in [0.1, 0.15) is 23.7 Å². The fourth-order valence-electron chi connectivity index (χ4n) is 2.99. The van der Waals surface area contributed by atoms with Crippen molar-refractivity contribution in [1.82, 2.24) is 0 Å². The molecule has 0 saturated carbocycles. The Morgan fingerprint density at radius 2 is 1.68 bits per heavy atom. The van der Waals surface area contributed by atoms with E-state index in [1.54, 1.807) is 48.5 Å². The van der Waals surface area contributed by atoms with Gasteiger partial charge in [-0.2, -0.15) is 0 Å². The second-order valence-electron chi connectivity index (χ2n) is 6.11. The standard InChI is InChI=1S/C22H14Cl2O4/c23-17-7-4-8-18(24)16(17)12-27-14-9-10-19-15(11-14)20(22(25)26)21(28-19)13-5-2-1-3-6-13/h1-11H,12H2,(H,25,26)/p-1. The van der Waals surface area contributed by atoms with Gasteiger partial charge in [0.05, 0.1) is 11.5 Å². The zero-order chi connectivity index (χ0) is 19.7. The number of carbonyl (C=O) groups excluding carboxylic acids is 1. The fourth-order valence-corrected chi connectivity index (χ4v) is 3.49. The van der Waals surface area contributed by atoms with Crippen molar-refractivity contribution in [2.24, 2.45) is 0 Å². The Labute approximate surface area is 170 Å². The van der Waals surface area contributed by atoms with Crippen LogP contribution in [0, 0.1) is 0 Å². The first kappa shape index (κ1) is 18.4. The maximum absolute atomic E-state index is 11.8. The van der Waals surface area contributed by atoms with Crippen LogP contribution < -0.4 is 9.84 Å². The number of hydrogen-bond acceptors (Lipinski definition) is 4. The number of benzene rings is 3. The van der Waals surface area contributed by atoms with Crippen molar-refractivity contribution in [3.05, 3.63) is 87.9 Å². The minimum Gasteiger partial charge on any atom is -0.545 e. The van der Waals surface area contributed by atoms with Crippen LogP contribution in [0.4, 0.5) is 0 Å². The summed E-state index contributed by atoms with van der Waals surface area (Å²) in [6, 6.07) is 19.2. The molecule has 1 heterocycles. The van der Waals surface area contributed by atoms with E-state index in [-0.39, 0.29) is 17.9 Å². The second kappa shape index (κ2) is 7.58. The number of aromatic carboxylic acids is 1. The maximum atomic E-state index is 11.8. The largest absolute Gasteiger partial charge is 0.545 e. The van der Waals surface area contributed by atoms with Gasteiger partial charge in [0.2, 0.25) is 0 Å². The number of carboxylic acid groups (broad SMARTS) is 1. The maximum Gasteiger partial charge on any atom is 0.144 e. The quantitative estimate of drug-likeness (QED) is 0.444.